The number of methoxy groups -OCH3 is 2. The highest BCUT2D eigenvalue weighted by atomic mass is 32.2. The van der Waals surface area contributed by atoms with Crippen LogP contribution in [0.25, 0.3) is 21.8 Å². The molecular formula is C17H17N5O4S. The highest BCUT2D eigenvalue weighted by Gasteiger charge is 2.23. The lowest BCUT2D eigenvalue weighted by Crippen LogP contribution is -2.15. The second-order valence-electron chi connectivity index (χ2n) is 5.88. The summed E-state index contributed by atoms with van der Waals surface area (Å²) in [5.41, 5.74) is 2.12. The van der Waals surface area contributed by atoms with Crippen molar-refractivity contribution < 1.29 is 17.9 Å². The molecule has 0 bridgehead atoms. The number of aromatic nitrogens is 4. The molecule has 0 spiro atoms. The zero-order valence-corrected chi connectivity index (χ0v) is 15.6. The van der Waals surface area contributed by atoms with Gasteiger partial charge in [0.1, 0.15) is 4.90 Å². The lowest BCUT2D eigenvalue weighted by Gasteiger charge is -2.11. The molecule has 0 fully saturated rings. The molecule has 9 nitrogen and oxygen atoms in total. The SMILES string of the molecule is COc1nc(NS(=O)(=O)c2c[nH]c3c2ccc2cc[nH]c23)nc(OC)c1C. The fourth-order valence-corrected chi connectivity index (χ4v) is 4.13. The van der Waals surface area contributed by atoms with Crippen molar-refractivity contribution in [2.75, 3.05) is 18.9 Å². The number of aromatic amines is 2. The molecule has 3 aromatic heterocycles. The van der Waals surface area contributed by atoms with E-state index < -0.39 is 10.0 Å². The van der Waals surface area contributed by atoms with Crippen molar-refractivity contribution in [3.63, 3.8) is 0 Å². The molecule has 0 saturated heterocycles. The van der Waals surface area contributed by atoms with E-state index in [0.717, 1.165) is 10.9 Å². The molecule has 27 heavy (non-hydrogen) atoms. The lowest BCUT2D eigenvalue weighted by atomic mass is 10.2. The summed E-state index contributed by atoms with van der Waals surface area (Å²) in [5.74, 6) is 0.322. The molecule has 0 atom stereocenters. The molecule has 3 heterocycles. The van der Waals surface area contributed by atoms with Gasteiger partial charge in [0.25, 0.3) is 10.0 Å². The van der Waals surface area contributed by atoms with Crippen LogP contribution in [-0.4, -0.2) is 42.6 Å². The van der Waals surface area contributed by atoms with Crippen molar-refractivity contribution in [3.8, 4) is 11.8 Å². The molecule has 0 unspecified atom stereocenters. The molecule has 0 aliphatic heterocycles. The normalized spacial score (nSPS) is 11.8. The van der Waals surface area contributed by atoms with Crippen LogP contribution in [0.3, 0.4) is 0 Å². The van der Waals surface area contributed by atoms with E-state index in [1.807, 2.05) is 12.1 Å². The zero-order valence-electron chi connectivity index (χ0n) is 14.8. The average Bonchev–Trinajstić information content (AvgIpc) is 3.28. The molecule has 0 radical (unpaired) electrons. The minimum atomic E-state index is -3.94. The van der Waals surface area contributed by atoms with Gasteiger partial charge in [-0.05, 0) is 13.0 Å². The summed E-state index contributed by atoms with van der Waals surface area (Å²) in [7, 11) is -1.06. The standard InChI is InChI=1S/C17H17N5O4S/c1-9-15(25-2)20-17(21-16(9)26-3)22-27(23,24)12-8-19-14-11(12)5-4-10-6-7-18-13(10)14/h4-8,18-19H,1-3H3,(H,20,21,22). The number of anilines is 1. The summed E-state index contributed by atoms with van der Waals surface area (Å²) in [6.07, 6.45) is 3.24. The highest BCUT2D eigenvalue weighted by molar-refractivity contribution is 7.93. The Labute approximate surface area is 154 Å². The van der Waals surface area contributed by atoms with Crippen LogP contribution in [0.5, 0.6) is 11.8 Å². The Balaban J connectivity index is 1.79. The Kier molecular flexibility index (Phi) is 3.92. The van der Waals surface area contributed by atoms with Gasteiger partial charge < -0.3 is 19.4 Å². The van der Waals surface area contributed by atoms with Gasteiger partial charge in [-0.25, -0.2) is 13.1 Å². The summed E-state index contributed by atoms with van der Waals surface area (Å²) in [4.78, 5) is 14.4. The molecule has 3 N–H and O–H groups in total. The number of sulfonamides is 1. The summed E-state index contributed by atoms with van der Waals surface area (Å²) in [6.45, 7) is 1.72. The summed E-state index contributed by atoms with van der Waals surface area (Å²) >= 11 is 0. The van der Waals surface area contributed by atoms with E-state index >= 15 is 0 Å². The van der Waals surface area contributed by atoms with Crippen LogP contribution < -0.4 is 14.2 Å². The van der Waals surface area contributed by atoms with Gasteiger partial charge in [0, 0.05) is 23.2 Å². The monoisotopic (exact) mass is 387 g/mol. The van der Waals surface area contributed by atoms with Crippen LogP contribution in [0.15, 0.2) is 35.5 Å². The number of hydrogen-bond acceptors (Lipinski definition) is 6. The van der Waals surface area contributed by atoms with E-state index in [2.05, 4.69) is 24.7 Å². The maximum atomic E-state index is 12.9. The second kappa shape index (κ2) is 6.16. The van der Waals surface area contributed by atoms with Crippen LogP contribution in [0.1, 0.15) is 5.56 Å². The topological polar surface area (TPSA) is 122 Å². The number of nitrogens with one attached hydrogen (secondary N) is 3. The Bertz CT molecular complexity index is 1230. The Hall–Kier alpha value is -3.27. The fourth-order valence-electron chi connectivity index (χ4n) is 3.02. The van der Waals surface area contributed by atoms with Gasteiger partial charge in [0.15, 0.2) is 0 Å². The molecule has 140 valence electrons. The number of benzene rings is 1. The molecule has 0 aliphatic rings. The van der Waals surface area contributed by atoms with Gasteiger partial charge in [0.05, 0.1) is 30.8 Å². The summed E-state index contributed by atoms with van der Waals surface area (Å²) in [6, 6.07) is 5.53. The third-order valence-corrected chi connectivity index (χ3v) is 5.67. The number of ether oxygens (including phenoxy) is 2. The van der Waals surface area contributed by atoms with E-state index in [4.69, 9.17) is 9.47 Å². The molecule has 1 aromatic carbocycles. The third kappa shape index (κ3) is 2.74. The first kappa shape index (κ1) is 17.2. The number of fused-ring (bicyclic) bond motifs is 3. The Morgan fingerprint density at radius 1 is 1.00 bits per heavy atom. The quantitative estimate of drug-likeness (QED) is 0.484. The molecule has 4 rings (SSSR count). The second-order valence-corrected chi connectivity index (χ2v) is 7.53. The molecular weight excluding hydrogens is 370 g/mol. The number of nitrogens with zero attached hydrogens (tertiary/aromatic N) is 2. The number of H-pyrrole nitrogens is 2. The average molecular weight is 387 g/mol. The molecule has 10 heteroatoms. The van der Waals surface area contributed by atoms with Crippen molar-refractivity contribution in [1.82, 2.24) is 19.9 Å². The molecule has 4 aromatic rings. The lowest BCUT2D eigenvalue weighted by molar-refractivity contribution is 0.367. The van der Waals surface area contributed by atoms with E-state index in [-0.39, 0.29) is 22.6 Å². The van der Waals surface area contributed by atoms with E-state index in [0.29, 0.717) is 16.5 Å². The summed E-state index contributed by atoms with van der Waals surface area (Å²) < 4.78 is 38.6. The van der Waals surface area contributed by atoms with Crippen LogP contribution in [0, 0.1) is 6.92 Å². The molecule has 0 amide bonds. The maximum Gasteiger partial charge on any atom is 0.266 e. The third-order valence-electron chi connectivity index (χ3n) is 4.30. The predicted molar refractivity (Wildman–Crippen MR) is 101 cm³/mol. The van der Waals surface area contributed by atoms with Gasteiger partial charge in [-0.15, -0.1) is 0 Å². The first-order valence-electron chi connectivity index (χ1n) is 8.01. The van der Waals surface area contributed by atoms with Crippen molar-refractivity contribution in [3.05, 3.63) is 36.2 Å². The summed E-state index contributed by atoms with van der Waals surface area (Å²) in [5, 5.41) is 1.54. The zero-order chi connectivity index (χ0) is 19.2. The van der Waals surface area contributed by atoms with E-state index in [9.17, 15) is 8.42 Å². The largest absolute Gasteiger partial charge is 0.481 e. The molecule has 0 aliphatic carbocycles. The molecule has 0 saturated carbocycles. The number of hydrogen-bond donors (Lipinski definition) is 3. The van der Waals surface area contributed by atoms with Gasteiger partial charge in [-0.1, -0.05) is 12.1 Å². The van der Waals surface area contributed by atoms with Gasteiger partial charge in [-0.3, -0.25) is 0 Å². The maximum absolute atomic E-state index is 12.9. The van der Waals surface area contributed by atoms with Crippen LogP contribution in [-0.2, 0) is 10.0 Å². The Morgan fingerprint density at radius 3 is 2.37 bits per heavy atom. The van der Waals surface area contributed by atoms with E-state index in [1.54, 1.807) is 19.2 Å². The minimum Gasteiger partial charge on any atom is -0.481 e. The predicted octanol–water partition coefficient (Wildman–Crippen LogP) is 2.57. The van der Waals surface area contributed by atoms with Crippen molar-refractivity contribution in [2.24, 2.45) is 0 Å². The first-order valence-corrected chi connectivity index (χ1v) is 9.49. The Morgan fingerprint density at radius 2 is 1.70 bits per heavy atom. The van der Waals surface area contributed by atoms with Gasteiger partial charge in [-0.2, -0.15) is 9.97 Å². The fraction of sp³-hybridized carbons (Fsp3) is 0.176. The number of rotatable bonds is 5. The van der Waals surface area contributed by atoms with Gasteiger partial charge in [0.2, 0.25) is 17.7 Å². The van der Waals surface area contributed by atoms with Crippen molar-refractivity contribution in [2.45, 2.75) is 11.8 Å². The smallest absolute Gasteiger partial charge is 0.266 e. The van der Waals surface area contributed by atoms with Crippen LogP contribution in [0.4, 0.5) is 5.95 Å². The van der Waals surface area contributed by atoms with E-state index in [1.165, 1.54) is 20.4 Å². The first-order chi connectivity index (χ1) is 12.9. The van der Waals surface area contributed by atoms with Crippen LogP contribution in [0.2, 0.25) is 0 Å². The van der Waals surface area contributed by atoms with Crippen LogP contribution >= 0.6 is 0 Å². The van der Waals surface area contributed by atoms with Crippen molar-refractivity contribution in [1.29, 1.82) is 0 Å². The highest BCUT2D eigenvalue weighted by Crippen LogP contribution is 2.30. The minimum absolute atomic E-state index is 0.0936. The van der Waals surface area contributed by atoms with Gasteiger partial charge >= 0.3 is 0 Å². The van der Waals surface area contributed by atoms with Crippen molar-refractivity contribution >= 4 is 37.8 Å².